The molecular formula is C10H12F3NO. The molecule has 0 radical (unpaired) electrons. The van der Waals surface area contributed by atoms with Crippen LogP contribution in [0.4, 0.5) is 13.2 Å². The van der Waals surface area contributed by atoms with E-state index in [4.69, 9.17) is 10.8 Å². The minimum atomic E-state index is -3.52. The first kappa shape index (κ1) is 12.0. The van der Waals surface area contributed by atoms with Crippen LogP contribution in [-0.4, -0.2) is 17.6 Å². The van der Waals surface area contributed by atoms with Gasteiger partial charge < -0.3 is 10.8 Å². The van der Waals surface area contributed by atoms with Crippen molar-refractivity contribution in [1.82, 2.24) is 0 Å². The Morgan fingerprint density at radius 1 is 1.47 bits per heavy atom. The summed E-state index contributed by atoms with van der Waals surface area (Å²) < 4.78 is 39.2. The molecule has 5 heteroatoms. The van der Waals surface area contributed by atoms with Crippen LogP contribution < -0.4 is 5.73 Å². The number of hydrogen-bond donors (Lipinski definition) is 2. The maximum Gasteiger partial charge on any atom is 0.289 e. The summed E-state index contributed by atoms with van der Waals surface area (Å²) in [6, 6.07) is 1.96. The maximum atomic E-state index is 13.2. The van der Waals surface area contributed by atoms with Crippen molar-refractivity contribution in [3.05, 3.63) is 35.1 Å². The van der Waals surface area contributed by atoms with Gasteiger partial charge in [0.2, 0.25) is 0 Å². The molecule has 0 fully saturated rings. The number of rotatable bonds is 3. The smallest absolute Gasteiger partial charge is 0.289 e. The lowest BCUT2D eigenvalue weighted by molar-refractivity contribution is -0.0718. The highest BCUT2D eigenvalue weighted by atomic mass is 19.3. The molecule has 15 heavy (non-hydrogen) atoms. The van der Waals surface area contributed by atoms with Gasteiger partial charge in [0.15, 0.2) is 0 Å². The zero-order valence-electron chi connectivity index (χ0n) is 8.17. The monoisotopic (exact) mass is 219 g/mol. The topological polar surface area (TPSA) is 46.2 Å². The fraction of sp³-hybridized carbons (Fsp3) is 0.400. The van der Waals surface area contributed by atoms with E-state index >= 15 is 0 Å². The minimum absolute atomic E-state index is 0.283. The fourth-order valence-electron chi connectivity index (χ4n) is 1.23. The molecule has 0 aliphatic heterocycles. The third-order valence-electron chi connectivity index (χ3n) is 2.15. The highest BCUT2D eigenvalue weighted by Gasteiger charge is 2.38. The van der Waals surface area contributed by atoms with Gasteiger partial charge in [-0.2, -0.15) is 0 Å². The lowest BCUT2D eigenvalue weighted by atomic mass is 9.99. The number of halogens is 3. The van der Waals surface area contributed by atoms with Crippen molar-refractivity contribution in [3.8, 4) is 0 Å². The van der Waals surface area contributed by atoms with Crippen LogP contribution in [0.25, 0.3) is 0 Å². The van der Waals surface area contributed by atoms with Crippen LogP contribution in [0.1, 0.15) is 17.2 Å². The highest BCUT2D eigenvalue weighted by Crippen LogP contribution is 2.30. The molecule has 1 atom stereocenters. The molecule has 0 spiro atoms. The second-order valence-corrected chi connectivity index (χ2v) is 3.42. The van der Waals surface area contributed by atoms with Crippen molar-refractivity contribution in [2.75, 3.05) is 6.61 Å². The van der Waals surface area contributed by atoms with Crippen molar-refractivity contribution in [1.29, 1.82) is 0 Å². The van der Waals surface area contributed by atoms with Gasteiger partial charge in [0.25, 0.3) is 5.92 Å². The van der Waals surface area contributed by atoms with E-state index in [9.17, 15) is 13.2 Å². The van der Waals surface area contributed by atoms with Crippen LogP contribution in [0.2, 0.25) is 0 Å². The van der Waals surface area contributed by atoms with E-state index in [1.165, 1.54) is 12.1 Å². The molecule has 0 unspecified atom stereocenters. The van der Waals surface area contributed by atoms with Crippen LogP contribution >= 0.6 is 0 Å². The number of benzene rings is 1. The number of hydrogen-bond acceptors (Lipinski definition) is 2. The van der Waals surface area contributed by atoms with Gasteiger partial charge in [0.1, 0.15) is 12.4 Å². The van der Waals surface area contributed by atoms with Crippen LogP contribution in [0, 0.1) is 12.7 Å². The molecule has 0 aliphatic carbocycles. The first-order valence-electron chi connectivity index (χ1n) is 4.39. The molecular weight excluding hydrogens is 207 g/mol. The molecule has 0 aromatic heterocycles. The van der Waals surface area contributed by atoms with Crippen LogP contribution in [0.5, 0.6) is 0 Å². The lowest BCUT2D eigenvalue weighted by Gasteiger charge is -2.22. The zero-order valence-corrected chi connectivity index (χ0v) is 8.17. The molecule has 0 saturated carbocycles. The molecule has 0 saturated heterocycles. The van der Waals surface area contributed by atoms with Gasteiger partial charge in [0, 0.05) is 5.56 Å². The van der Waals surface area contributed by atoms with E-state index in [2.05, 4.69) is 0 Å². The number of aryl methyl sites for hydroxylation is 1. The van der Waals surface area contributed by atoms with Crippen molar-refractivity contribution in [2.45, 2.75) is 18.9 Å². The third-order valence-corrected chi connectivity index (χ3v) is 2.15. The molecule has 1 aromatic rings. The molecule has 0 bridgehead atoms. The molecule has 3 N–H and O–H groups in total. The van der Waals surface area contributed by atoms with E-state index in [0.29, 0.717) is 5.56 Å². The minimum Gasteiger partial charge on any atom is -0.390 e. The lowest BCUT2D eigenvalue weighted by Crippen LogP contribution is -2.36. The SMILES string of the molecule is Cc1ccc(F)c([C@H](N)C(F)(F)CO)c1. The summed E-state index contributed by atoms with van der Waals surface area (Å²) in [5.74, 6) is -4.31. The molecule has 0 amide bonds. The van der Waals surface area contributed by atoms with Gasteiger partial charge in [0.05, 0.1) is 6.04 Å². The number of aliphatic hydroxyl groups excluding tert-OH is 1. The Hall–Kier alpha value is -1.07. The van der Waals surface area contributed by atoms with Crippen molar-refractivity contribution >= 4 is 0 Å². The molecule has 1 aromatic carbocycles. The van der Waals surface area contributed by atoms with E-state index in [0.717, 1.165) is 6.07 Å². The van der Waals surface area contributed by atoms with Gasteiger partial charge in [-0.1, -0.05) is 17.7 Å². The van der Waals surface area contributed by atoms with Gasteiger partial charge in [-0.3, -0.25) is 0 Å². The largest absolute Gasteiger partial charge is 0.390 e. The van der Waals surface area contributed by atoms with E-state index < -0.39 is 24.4 Å². The maximum absolute atomic E-state index is 13.2. The zero-order chi connectivity index (χ0) is 11.6. The Morgan fingerprint density at radius 3 is 2.60 bits per heavy atom. The highest BCUT2D eigenvalue weighted by molar-refractivity contribution is 5.28. The van der Waals surface area contributed by atoms with Crippen molar-refractivity contribution < 1.29 is 18.3 Å². The standard InChI is InChI=1S/C10H12F3NO/c1-6-2-3-8(11)7(4-6)9(14)10(12,13)5-15/h2-4,9,15H,5,14H2,1H3/t9-/m0/s1. The number of alkyl halides is 2. The Bertz CT molecular complexity index is 355. The second-order valence-electron chi connectivity index (χ2n) is 3.42. The summed E-state index contributed by atoms with van der Waals surface area (Å²) in [5, 5.41) is 8.43. The predicted molar refractivity (Wildman–Crippen MR) is 50.1 cm³/mol. The average Bonchev–Trinajstić information content (AvgIpc) is 2.20. The Morgan fingerprint density at radius 2 is 2.07 bits per heavy atom. The van der Waals surface area contributed by atoms with Gasteiger partial charge in [-0.15, -0.1) is 0 Å². The summed E-state index contributed by atoms with van der Waals surface area (Å²) >= 11 is 0. The number of nitrogens with two attached hydrogens (primary N) is 1. The van der Waals surface area contributed by atoms with Gasteiger partial charge in [-0.25, -0.2) is 13.2 Å². The van der Waals surface area contributed by atoms with Crippen LogP contribution in [0.3, 0.4) is 0 Å². The Labute approximate surface area is 85.5 Å². The van der Waals surface area contributed by atoms with E-state index in [1.807, 2.05) is 0 Å². The predicted octanol–water partition coefficient (Wildman–Crippen LogP) is 1.76. The summed E-state index contributed by atoms with van der Waals surface area (Å²) in [6.07, 6.45) is 0. The Kier molecular flexibility index (Phi) is 3.36. The van der Waals surface area contributed by atoms with E-state index in [-0.39, 0.29) is 5.56 Å². The summed E-state index contributed by atoms with van der Waals surface area (Å²) in [6.45, 7) is 0.244. The summed E-state index contributed by atoms with van der Waals surface area (Å²) in [5.41, 5.74) is 5.55. The molecule has 84 valence electrons. The first-order chi connectivity index (χ1) is 6.88. The van der Waals surface area contributed by atoms with Crippen LogP contribution in [-0.2, 0) is 0 Å². The molecule has 0 heterocycles. The fourth-order valence-corrected chi connectivity index (χ4v) is 1.23. The second kappa shape index (κ2) is 4.20. The average molecular weight is 219 g/mol. The quantitative estimate of drug-likeness (QED) is 0.813. The molecule has 2 nitrogen and oxygen atoms in total. The first-order valence-corrected chi connectivity index (χ1v) is 4.39. The van der Waals surface area contributed by atoms with Crippen molar-refractivity contribution in [2.24, 2.45) is 5.73 Å². The van der Waals surface area contributed by atoms with E-state index in [1.54, 1.807) is 6.92 Å². The molecule has 1 rings (SSSR count). The van der Waals surface area contributed by atoms with Crippen molar-refractivity contribution in [3.63, 3.8) is 0 Å². The summed E-state index contributed by atoms with van der Waals surface area (Å²) in [7, 11) is 0. The summed E-state index contributed by atoms with van der Waals surface area (Å²) in [4.78, 5) is 0. The number of aliphatic hydroxyl groups is 1. The van der Waals surface area contributed by atoms with Crippen LogP contribution in [0.15, 0.2) is 18.2 Å². The van der Waals surface area contributed by atoms with Gasteiger partial charge >= 0.3 is 0 Å². The third kappa shape index (κ3) is 2.49. The van der Waals surface area contributed by atoms with Gasteiger partial charge in [-0.05, 0) is 13.0 Å². The normalized spacial score (nSPS) is 14.0. The Balaban J connectivity index is 3.10. The molecule has 0 aliphatic rings.